The van der Waals surface area contributed by atoms with Crippen LogP contribution in [-0.2, 0) is 9.59 Å². The lowest BCUT2D eigenvalue weighted by Gasteiger charge is -2.33. The smallest absolute Gasteiger partial charge is 0.242 e. The van der Waals surface area contributed by atoms with E-state index >= 15 is 0 Å². The summed E-state index contributed by atoms with van der Waals surface area (Å²) < 4.78 is 0. The molecule has 0 radical (unpaired) electrons. The van der Waals surface area contributed by atoms with E-state index in [9.17, 15) is 9.59 Å². The summed E-state index contributed by atoms with van der Waals surface area (Å²) in [6.45, 7) is 1.88. The van der Waals surface area contributed by atoms with E-state index < -0.39 is 0 Å². The molecule has 0 aromatic rings. The van der Waals surface area contributed by atoms with Gasteiger partial charge in [0, 0.05) is 24.6 Å². The third-order valence-electron chi connectivity index (χ3n) is 2.49. The van der Waals surface area contributed by atoms with Gasteiger partial charge in [0.2, 0.25) is 11.8 Å². The van der Waals surface area contributed by atoms with Crippen LogP contribution in [0.2, 0.25) is 0 Å². The van der Waals surface area contributed by atoms with Crippen molar-refractivity contribution < 1.29 is 9.59 Å². The van der Waals surface area contributed by atoms with Crippen LogP contribution in [0.5, 0.6) is 0 Å². The molecule has 1 aliphatic heterocycles. The van der Waals surface area contributed by atoms with E-state index in [2.05, 4.69) is 0 Å². The van der Waals surface area contributed by atoms with E-state index in [1.54, 1.807) is 33.3 Å². The predicted octanol–water partition coefficient (Wildman–Crippen LogP) is 0.383. The van der Waals surface area contributed by atoms with Gasteiger partial charge in [0.25, 0.3) is 0 Å². The van der Waals surface area contributed by atoms with Crippen molar-refractivity contribution in [3.63, 3.8) is 0 Å². The van der Waals surface area contributed by atoms with Gasteiger partial charge in [-0.1, -0.05) is 0 Å². The van der Waals surface area contributed by atoms with Gasteiger partial charge in [-0.25, -0.2) is 0 Å². The summed E-state index contributed by atoms with van der Waals surface area (Å²) in [6, 6.07) is 0. The van der Waals surface area contributed by atoms with Crippen LogP contribution in [0.3, 0.4) is 0 Å². The van der Waals surface area contributed by atoms with Crippen LogP contribution in [-0.4, -0.2) is 71.8 Å². The third kappa shape index (κ3) is 3.90. The van der Waals surface area contributed by atoms with E-state index in [4.69, 9.17) is 0 Å². The molecule has 0 atom stereocenters. The van der Waals surface area contributed by atoms with Gasteiger partial charge in [0.15, 0.2) is 0 Å². The molecule has 0 bridgehead atoms. The molecule has 2 amide bonds. The maximum absolute atomic E-state index is 11.7. The lowest BCUT2D eigenvalue weighted by Crippen LogP contribution is -2.54. The number of nitrogens with zero attached hydrogens (tertiary/aromatic N) is 2. The highest BCUT2D eigenvalue weighted by Gasteiger charge is 2.28. The Labute approximate surface area is 105 Å². The van der Waals surface area contributed by atoms with Crippen LogP contribution in [0.4, 0.5) is 0 Å². The zero-order valence-electron chi connectivity index (χ0n) is 9.77. The number of hydrogen-bond acceptors (Lipinski definition) is 4. The fourth-order valence-corrected chi connectivity index (χ4v) is 2.32. The van der Waals surface area contributed by atoms with Gasteiger partial charge in [0.05, 0.1) is 13.1 Å². The molecule has 0 spiro atoms. The van der Waals surface area contributed by atoms with Crippen LogP contribution in [0.1, 0.15) is 0 Å². The molecule has 16 heavy (non-hydrogen) atoms. The summed E-state index contributed by atoms with van der Waals surface area (Å²) in [5, 5.41) is 0. The molecule has 0 aromatic heterocycles. The van der Waals surface area contributed by atoms with Crippen molar-refractivity contribution in [2.24, 2.45) is 0 Å². The summed E-state index contributed by atoms with van der Waals surface area (Å²) in [4.78, 5) is 26.8. The SMILES string of the molecule is CSCCN1CC(=O)N(CCSC)CC1=O. The van der Waals surface area contributed by atoms with Crippen molar-refractivity contribution in [2.75, 3.05) is 50.2 Å². The average molecular weight is 262 g/mol. The first-order chi connectivity index (χ1) is 7.69. The Bertz CT molecular complexity index is 235. The Morgan fingerprint density at radius 3 is 1.62 bits per heavy atom. The monoisotopic (exact) mass is 262 g/mol. The van der Waals surface area contributed by atoms with Crippen LogP contribution in [0.25, 0.3) is 0 Å². The number of carbonyl (C=O) groups excluding carboxylic acids is 2. The second kappa shape index (κ2) is 7.06. The first-order valence-corrected chi connectivity index (χ1v) is 8.01. The number of carbonyl (C=O) groups is 2. The Morgan fingerprint density at radius 1 is 0.938 bits per heavy atom. The molecular weight excluding hydrogens is 244 g/mol. The summed E-state index contributed by atoms with van der Waals surface area (Å²) in [7, 11) is 0. The number of hydrogen-bond donors (Lipinski definition) is 0. The van der Waals surface area contributed by atoms with Gasteiger partial charge in [0.1, 0.15) is 0 Å². The predicted molar refractivity (Wildman–Crippen MR) is 69.9 cm³/mol. The van der Waals surface area contributed by atoms with Crippen molar-refractivity contribution in [1.82, 2.24) is 9.80 Å². The summed E-state index contributed by atoms with van der Waals surface area (Å²) >= 11 is 3.38. The van der Waals surface area contributed by atoms with Gasteiger partial charge in [-0.05, 0) is 12.5 Å². The van der Waals surface area contributed by atoms with E-state index in [-0.39, 0.29) is 24.9 Å². The Balaban J connectivity index is 2.43. The quantitative estimate of drug-likeness (QED) is 0.694. The topological polar surface area (TPSA) is 40.6 Å². The number of piperazine rings is 1. The summed E-state index contributed by atoms with van der Waals surface area (Å²) in [6.07, 6.45) is 4.00. The first-order valence-electron chi connectivity index (χ1n) is 5.22. The highest BCUT2D eigenvalue weighted by Crippen LogP contribution is 2.07. The van der Waals surface area contributed by atoms with Gasteiger partial charge in [-0.2, -0.15) is 23.5 Å². The maximum atomic E-state index is 11.7. The minimum absolute atomic E-state index is 0.0785. The summed E-state index contributed by atoms with van der Waals surface area (Å²) in [5.74, 6) is 1.94. The van der Waals surface area contributed by atoms with Crippen LogP contribution in [0, 0.1) is 0 Å². The molecule has 1 fully saturated rings. The number of amides is 2. The van der Waals surface area contributed by atoms with Gasteiger partial charge >= 0.3 is 0 Å². The van der Waals surface area contributed by atoms with E-state index in [1.807, 2.05) is 12.5 Å². The number of thioether (sulfide) groups is 2. The lowest BCUT2D eigenvalue weighted by atomic mass is 10.3. The fourth-order valence-electron chi connectivity index (χ4n) is 1.51. The Hall–Kier alpha value is -0.360. The minimum Gasteiger partial charge on any atom is -0.331 e. The second-order valence-corrected chi connectivity index (χ2v) is 5.59. The van der Waals surface area contributed by atoms with E-state index in [1.165, 1.54) is 0 Å². The summed E-state index contributed by atoms with van der Waals surface area (Å²) in [5.41, 5.74) is 0. The molecule has 1 heterocycles. The Kier molecular flexibility index (Phi) is 6.05. The molecule has 6 heteroatoms. The molecule has 1 saturated heterocycles. The van der Waals surface area contributed by atoms with E-state index in [0.717, 1.165) is 11.5 Å². The molecule has 4 nitrogen and oxygen atoms in total. The van der Waals surface area contributed by atoms with E-state index in [0.29, 0.717) is 13.1 Å². The van der Waals surface area contributed by atoms with Crippen molar-refractivity contribution in [2.45, 2.75) is 0 Å². The lowest BCUT2D eigenvalue weighted by molar-refractivity contribution is -0.149. The average Bonchev–Trinajstić information content (AvgIpc) is 2.28. The molecule has 0 unspecified atom stereocenters. The highest BCUT2D eigenvalue weighted by atomic mass is 32.2. The fraction of sp³-hybridized carbons (Fsp3) is 0.800. The molecule has 1 rings (SSSR count). The van der Waals surface area contributed by atoms with Crippen molar-refractivity contribution in [3.05, 3.63) is 0 Å². The van der Waals surface area contributed by atoms with Crippen LogP contribution >= 0.6 is 23.5 Å². The molecule has 1 aliphatic rings. The van der Waals surface area contributed by atoms with Gasteiger partial charge in [-0.3, -0.25) is 9.59 Å². The van der Waals surface area contributed by atoms with Crippen molar-refractivity contribution in [1.29, 1.82) is 0 Å². The van der Waals surface area contributed by atoms with Gasteiger partial charge < -0.3 is 9.80 Å². The van der Waals surface area contributed by atoms with Crippen molar-refractivity contribution >= 4 is 35.3 Å². The highest BCUT2D eigenvalue weighted by molar-refractivity contribution is 7.98. The molecule has 92 valence electrons. The molecule has 0 aliphatic carbocycles. The second-order valence-electron chi connectivity index (χ2n) is 3.62. The maximum Gasteiger partial charge on any atom is 0.242 e. The number of rotatable bonds is 6. The normalized spacial score (nSPS) is 17.1. The standard InChI is InChI=1S/C10H18N2O2S2/c1-15-5-3-11-7-10(14)12(4-6-16-2)8-9(11)13/h3-8H2,1-2H3. The van der Waals surface area contributed by atoms with Gasteiger partial charge in [-0.15, -0.1) is 0 Å². The zero-order valence-corrected chi connectivity index (χ0v) is 11.4. The largest absolute Gasteiger partial charge is 0.331 e. The Morgan fingerprint density at radius 2 is 1.31 bits per heavy atom. The molecule has 0 N–H and O–H groups in total. The van der Waals surface area contributed by atoms with Crippen LogP contribution < -0.4 is 0 Å². The molecule has 0 aromatic carbocycles. The molecular formula is C10H18N2O2S2. The van der Waals surface area contributed by atoms with Crippen LogP contribution in [0.15, 0.2) is 0 Å². The van der Waals surface area contributed by atoms with Crippen molar-refractivity contribution in [3.8, 4) is 0 Å². The first kappa shape index (κ1) is 13.7. The zero-order chi connectivity index (χ0) is 12.0. The minimum atomic E-state index is 0.0785. The molecule has 0 saturated carbocycles. The third-order valence-corrected chi connectivity index (χ3v) is 3.67.